The van der Waals surface area contributed by atoms with Crippen LogP contribution in [0.15, 0.2) is 138 Å². The summed E-state index contributed by atoms with van der Waals surface area (Å²) >= 11 is 0. The van der Waals surface area contributed by atoms with Gasteiger partial charge in [0.15, 0.2) is 0 Å². The Bertz CT molecular complexity index is 2800. The van der Waals surface area contributed by atoms with Crippen LogP contribution in [-0.2, 0) is 0 Å². The number of fused-ring (bicyclic) bond motifs is 10. The zero-order valence-electron chi connectivity index (χ0n) is 27.3. The third kappa shape index (κ3) is 3.98. The fraction of sp³-hybridized carbons (Fsp3) is 0.111. The first-order valence-electron chi connectivity index (χ1n) is 17.1. The van der Waals surface area contributed by atoms with Crippen LogP contribution in [-0.4, -0.2) is 10.6 Å². The van der Waals surface area contributed by atoms with Crippen molar-refractivity contribution in [1.29, 1.82) is 10.5 Å². The Kier molecular flexibility index (Phi) is 6.10. The molecular weight excluding hydrogens is 613 g/mol. The number of anilines is 2. The predicted molar refractivity (Wildman–Crippen MR) is 201 cm³/mol. The molecule has 3 heterocycles. The van der Waals surface area contributed by atoms with Gasteiger partial charge in [-0.3, -0.25) is 0 Å². The van der Waals surface area contributed by atoms with Crippen molar-refractivity contribution in [2.75, 3.05) is 4.90 Å². The minimum absolute atomic E-state index is 0.149. The highest BCUT2D eigenvalue weighted by Crippen LogP contribution is 2.53. The van der Waals surface area contributed by atoms with Crippen LogP contribution < -0.4 is 4.90 Å². The minimum Gasteiger partial charge on any atom is -0.456 e. The lowest BCUT2D eigenvalue weighted by Gasteiger charge is -2.35. The molecule has 8 aromatic rings. The number of nitriles is 2. The summed E-state index contributed by atoms with van der Waals surface area (Å²) in [6, 6.07) is 46.9. The van der Waals surface area contributed by atoms with Crippen molar-refractivity contribution in [3.63, 3.8) is 0 Å². The number of furan rings is 1. The van der Waals surface area contributed by atoms with Crippen molar-refractivity contribution in [3.8, 4) is 29.0 Å². The van der Waals surface area contributed by atoms with Gasteiger partial charge in [0.2, 0.25) is 0 Å². The lowest BCUT2D eigenvalue weighted by molar-refractivity contribution is 0.485. The molecule has 236 valence electrons. The molecule has 2 aromatic heterocycles. The molecule has 10 rings (SSSR count). The second-order valence-electron chi connectivity index (χ2n) is 13.6. The molecule has 0 saturated carbocycles. The molecule has 0 spiro atoms. The quantitative estimate of drug-likeness (QED) is 0.180. The first kappa shape index (κ1) is 28.5. The number of allylic oxidation sites excluding steroid dienone is 1. The normalized spacial score (nSPS) is 18.1. The van der Waals surface area contributed by atoms with Crippen molar-refractivity contribution in [3.05, 3.63) is 150 Å². The van der Waals surface area contributed by atoms with Gasteiger partial charge in [-0.05, 0) is 84.1 Å². The first-order chi connectivity index (χ1) is 24.6. The van der Waals surface area contributed by atoms with E-state index >= 15 is 0 Å². The molecule has 0 fully saturated rings. The van der Waals surface area contributed by atoms with E-state index in [1.165, 1.54) is 10.8 Å². The van der Waals surface area contributed by atoms with E-state index in [0.29, 0.717) is 17.0 Å². The number of hydrogen-bond acceptors (Lipinski definition) is 4. The molecule has 1 aliphatic carbocycles. The van der Waals surface area contributed by atoms with E-state index in [1.807, 2.05) is 36.4 Å². The second-order valence-corrected chi connectivity index (χ2v) is 13.6. The van der Waals surface area contributed by atoms with Crippen LogP contribution in [0, 0.1) is 28.6 Å². The van der Waals surface area contributed by atoms with Gasteiger partial charge in [-0.15, -0.1) is 0 Å². The Morgan fingerprint density at radius 1 is 0.720 bits per heavy atom. The Morgan fingerprint density at radius 2 is 1.54 bits per heavy atom. The number of benzene rings is 6. The zero-order chi connectivity index (χ0) is 33.5. The van der Waals surface area contributed by atoms with E-state index in [9.17, 15) is 10.5 Å². The first-order valence-corrected chi connectivity index (χ1v) is 17.1. The zero-order valence-corrected chi connectivity index (χ0v) is 27.3. The summed E-state index contributed by atoms with van der Waals surface area (Å²) < 4.78 is 8.68. The maximum Gasteiger partial charge on any atom is 0.137 e. The fourth-order valence-corrected chi connectivity index (χ4v) is 8.65. The highest BCUT2D eigenvalue weighted by molar-refractivity contribution is 6.24. The van der Waals surface area contributed by atoms with E-state index in [4.69, 9.17) is 4.42 Å². The molecule has 0 N–H and O–H groups in total. The number of para-hydroxylation sites is 3. The van der Waals surface area contributed by atoms with Crippen LogP contribution in [0.1, 0.15) is 36.0 Å². The third-order valence-corrected chi connectivity index (χ3v) is 10.8. The number of rotatable bonds is 3. The van der Waals surface area contributed by atoms with E-state index in [1.54, 1.807) is 0 Å². The molecule has 0 amide bonds. The molecule has 6 aromatic carbocycles. The maximum atomic E-state index is 10.5. The van der Waals surface area contributed by atoms with Gasteiger partial charge in [0, 0.05) is 45.1 Å². The third-order valence-electron chi connectivity index (χ3n) is 10.8. The summed E-state index contributed by atoms with van der Waals surface area (Å²) in [6.07, 6.45) is 5.55. The van der Waals surface area contributed by atoms with Crippen molar-refractivity contribution in [1.82, 2.24) is 4.57 Å². The predicted octanol–water partition coefficient (Wildman–Crippen LogP) is 11.3. The summed E-state index contributed by atoms with van der Waals surface area (Å²) in [4.78, 5) is 2.39. The van der Waals surface area contributed by atoms with Gasteiger partial charge >= 0.3 is 0 Å². The summed E-state index contributed by atoms with van der Waals surface area (Å²) in [5.74, 6) is 0.563. The molecule has 0 bridgehead atoms. The van der Waals surface area contributed by atoms with Crippen LogP contribution in [0.2, 0.25) is 0 Å². The minimum atomic E-state index is 0.149. The van der Waals surface area contributed by atoms with Gasteiger partial charge in [-0.2, -0.15) is 10.5 Å². The summed E-state index contributed by atoms with van der Waals surface area (Å²) in [7, 11) is 0. The molecule has 3 unspecified atom stereocenters. The van der Waals surface area contributed by atoms with Gasteiger partial charge in [0.05, 0.1) is 39.3 Å². The van der Waals surface area contributed by atoms with Crippen LogP contribution >= 0.6 is 0 Å². The van der Waals surface area contributed by atoms with Crippen LogP contribution in [0.3, 0.4) is 0 Å². The molecule has 0 saturated heterocycles. The highest BCUT2D eigenvalue weighted by atomic mass is 16.3. The monoisotopic (exact) mass is 642 g/mol. The number of nitrogens with zero attached hydrogens (tertiary/aromatic N) is 4. The Hall–Kier alpha value is -6.56. The smallest absolute Gasteiger partial charge is 0.137 e. The maximum absolute atomic E-state index is 10.5. The van der Waals surface area contributed by atoms with Crippen molar-refractivity contribution in [2.24, 2.45) is 5.92 Å². The molecular formula is C45H30N4O. The van der Waals surface area contributed by atoms with Gasteiger partial charge in [-0.25, -0.2) is 0 Å². The summed E-state index contributed by atoms with van der Waals surface area (Å²) in [5.41, 5.74) is 11.6. The Balaban J connectivity index is 1.17. The second kappa shape index (κ2) is 10.7. The standard InChI is InChI=1S/C45H30N4O/c1-27-13-19-34-37-24-28(25-46)14-21-39(37)49(40(34)23-27)44-30(26-47)7-6-10-32(44)29-15-17-31(18-16-29)48-38-11-4-2-8-33(38)35-20-22-42-43(45(35)48)36-9-3-5-12-41(36)50-42/h2-22,24,27,34,40H,23H2,1H3. The topological polar surface area (TPSA) is 68.9 Å². The average Bonchev–Trinajstić information content (AvgIpc) is 3.81. The van der Waals surface area contributed by atoms with Crippen LogP contribution in [0.5, 0.6) is 0 Å². The number of hydrogen-bond donors (Lipinski definition) is 0. The SMILES string of the molecule is CC1C=CC2c3cc(C#N)ccc3N(c3c(C#N)cccc3-c3ccc(-n4c5ccccc5c5ccc6oc7ccccc7c6c54)cc3)C2C1. The van der Waals surface area contributed by atoms with E-state index in [2.05, 4.69) is 126 Å². The van der Waals surface area contributed by atoms with Crippen LogP contribution in [0.25, 0.3) is 60.6 Å². The molecule has 3 atom stereocenters. The summed E-state index contributed by atoms with van der Waals surface area (Å²) in [5, 5.41) is 24.8. The highest BCUT2D eigenvalue weighted by Gasteiger charge is 2.42. The number of aromatic nitrogens is 1. The molecule has 2 aliphatic rings. The van der Waals surface area contributed by atoms with Gasteiger partial charge in [0.1, 0.15) is 17.2 Å². The Morgan fingerprint density at radius 3 is 2.38 bits per heavy atom. The molecule has 1 aliphatic heterocycles. The Labute approximate surface area is 289 Å². The molecule has 50 heavy (non-hydrogen) atoms. The fourth-order valence-electron chi connectivity index (χ4n) is 8.65. The average molecular weight is 643 g/mol. The summed E-state index contributed by atoms with van der Waals surface area (Å²) in [6.45, 7) is 2.25. The van der Waals surface area contributed by atoms with Gasteiger partial charge in [-0.1, -0.05) is 79.7 Å². The molecule has 0 radical (unpaired) electrons. The van der Waals surface area contributed by atoms with Crippen LogP contribution in [0.4, 0.5) is 11.4 Å². The van der Waals surface area contributed by atoms with Crippen molar-refractivity contribution >= 4 is 55.1 Å². The molecule has 5 nitrogen and oxygen atoms in total. The molecule has 5 heteroatoms. The van der Waals surface area contributed by atoms with E-state index in [0.717, 1.165) is 73.1 Å². The van der Waals surface area contributed by atoms with Gasteiger partial charge in [0.25, 0.3) is 0 Å². The lowest BCUT2D eigenvalue weighted by atomic mass is 9.82. The van der Waals surface area contributed by atoms with E-state index < -0.39 is 0 Å². The largest absolute Gasteiger partial charge is 0.456 e. The lowest BCUT2D eigenvalue weighted by Crippen LogP contribution is -2.33. The van der Waals surface area contributed by atoms with Crippen molar-refractivity contribution < 1.29 is 4.42 Å². The van der Waals surface area contributed by atoms with Gasteiger partial charge < -0.3 is 13.9 Å². The van der Waals surface area contributed by atoms with E-state index in [-0.39, 0.29) is 12.0 Å². The van der Waals surface area contributed by atoms with Crippen molar-refractivity contribution in [2.45, 2.75) is 25.3 Å².